The number of esters is 1. The first-order valence-electron chi connectivity index (χ1n) is 6.34. The van der Waals surface area contributed by atoms with E-state index in [0.717, 1.165) is 10.9 Å². The molecule has 20 heavy (non-hydrogen) atoms. The molecule has 1 aromatic carbocycles. The molecule has 0 atom stereocenters. The molecule has 1 aromatic heterocycles. The van der Waals surface area contributed by atoms with Gasteiger partial charge < -0.3 is 9.47 Å². The highest BCUT2D eigenvalue weighted by atomic mass is 16.5. The minimum Gasteiger partial charge on any atom is -0.486 e. The summed E-state index contributed by atoms with van der Waals surface area (Å²) in [5.41, 5.74) is 0.859. The second kappa shape index (κ2) is 6.65. The third kappa shape index (κ3) is 3.78. The number of aromatic nitrogens is 1. The number of ketones is 1. The summed E-state index contributed by atoms with van der Waals surface area (Å²) in [6, 6.07) is 9.11. The Labute approximate surface area is 116 Å². The number of nitrogens with zero attached hydrogens (tertiary/aromatic N) is 1. The predicted molar refractivity (Wildman–Crippen MR) is 73.5 cm³/mol. The van der Waals surface area contributed by atoms with E-state index in [9.17, 15) is 9.59 Å². The van der Waals surface area contributed by atoms with Gasteiger partial charge in [0, 0.05) is 11.6 Å². The van der Waals surface area contributed by atoms with Crippen LogP contribution in [0.15, 0.2) is 36.5 Å². The second-order valence-corrected chi connectivity index (χ2v) is 4.17. The zero-order valence-corrected chi connectivity index (χ0v) is 11.2. The van der Waals surface area contributed by atoms with E-state index in [1.807, 2.05) is 18.2 Å². The Kier molecular flexibility index (Phi) is 4.65. The van der Waals surface area contributed by atoms with E-state index in [0.29, 0.717) is 5.75 Å². The van der Waals surface area contributed by atoms with E-state index >= 15 is 0 Å². The number of carbonyl (C=O) groups excluding carboxylic acids is 2. The molecule has 0 aliphatic heterocycles. The summed E-state index contributed by atoms with van der Waals surface area (Å²) in [4.78, 5) is 26.9. The van der Waals surface area contributed by atoms with Crippen LogP contribution < -0.4 is 4.74 Å². The van der Waals surface area contributed by atoms with Gasteiger partial charge in [-0.1, -0.05) is 6.07 Å². The van der Waals surface area contributed by atoms with Gasteiger partial charge in [-0.3, -0.25) is 14.6 Å². The van der Waals surface area contributed by atoms with E-state index in [4.69, 9.17) is 9.47 Å². The summed E-state index contributed by atoms with van der Waals surface area (Å²) >= 11 is 0. The lowest BCUT2D eigenvalue weighted by Crippen LogP contribution is -2.17. The molecule has 0 bridgehead atoms. The van der Waals surface area contributed by atoms with Crippen LogP contribution in [0.2, 0.25) is 0 Å². The molecule has 2 rings (SSSR count). The third-order valence-electron chi connectivity index (χ3n) is 2.62. The number of fused-ring (bicyclic) bond motifs is 1. The summed E-state index contributed by atoms with van der Waals surface area (Å²) in [5.74, 6) is -0.263. The molecule has 0 fully saturated rings. The van der Waals surface area contributed by atoms with Gasteiger partial charge in [0.25, 0.3) is 0 Å². The van der Waals surface area contributed by atoms with Gasteiger partial charge in [0.05, 0.1) is 12.1 Å². The molecule has 0 spiro atoms. The van der Waals surface area contributed by atoms with Gasteiger partial charge in [0.15, 0.2) is 5.78 Å². The molecule has 0 unspecified atom stereocenters. The highest BCUT2D eigenvalue weighted by molar-refractivity contribution is 5.96. The topological polar surface area (TPSA) is 65.5 Å². The zero-order chi connectivity index (χ0) is 14.4. The van der Waals surface area contributed by atoms with Crippen molar-refractivity contribution >= 4 is 22.7 Å². The molecule has 0 radical (unpaired) electrons. The van der Waals surface area contributed by atoms with Gasteiger partial charge in [-0.2, -0.15) is 0 Å². The monoisotopic (exact) mass is 273 g/mol. The van der Waals surface area contributed by atoms with Crippen LogP contribution in [0.1, 0.15) is 13.3 Å². The maximum Gasteiger partial charge on any atom is 0.313 e. The lowest BCUT2D eigenvalue weighted by Gasteiger charge is -2.06. The molecule has 0 N–H and O–H groups in total. The minimum absolute atomic E-state index is 0.148. The Morgan fingerprint density at radius 2 is 2.10 bits per heavy atom. The van der Waals surface area contributed by atoms with Crippen molar-refractivity contribution in [1.29, 1.82) is 0 Å². The normalized spacial score (nSPS) is 10.2. The first-order valence-corrected chi connectivity index (χ1v) is 6.34. The summed E-state index contributed by atoms with van der Waals surface area (Å²) < 4.78 is 10.1. The van der Waals surface area contributed by atoms with Crippen molar-refractivity contribution in [3.8, 4) is 5.75 Å². The molecule has 0 amide bonds. The second-order valence-electron chi connectivity index (χ2n) is 4.17. The first kappa shape index (κ1) is 14.0. The highest BCUT2D eigenvalue weighted by Crippen LogP contribution is 2.18. The van der Waals surface area contributed by atoms with Crippen LogP contribution >= 0.6 is 0 Å². The molecule has 5 heteroatoms. The fourth-order valence-corrected chi connectivity index (χ4v) is 1.73. The Hall–Kier alpha value is -2.43. The standard InChI is InChI=1S/C15H15NO4/c1-2-19-15(18)9-12(17)10-20-13-5-6-14-11(8-13)4-3-7-16-14/h3-8H,2,9-10H2,1H3. The molecule has 0 aliphatic rings. The maximum absolute atomic E-state index is 11.5. The van der Waals surface area contributed by atoms with Crippen LogP contribution in [0.5, 0.6) is 5.75 Å². The number of rotatable bonds is 6. The molecule has 1 heterocycles. The summed E-state index contributed by atoms with van der Waals surface area (Å²) in [5, 5.41) is 0.933. The van der Waals surface area contributed by atoms with E-state index < -0.39 is 5.97 Å². The summed E-state index contributed by atoms with van der Waals surface area (Å²) in [7, 11) is 0. The van der Waals surface area contributed by atoms with Gasteiger partial charge >= 0.3 is 5.97 Å². The highest BCUT2D eigenvalue weighted by Gasteiger charge is 2.11. The quantitative estimate of drug-likeness (QED) is 0.596. The summed E-state index contributed by atoms with van der Waals surface area (Å²) in [6.45, 7) is 1.82. The van der Waals surface area contributed by atoms with E-state index in [2.05, 4.69) is 4.98 Å². The fourth-order valence-electron chi connectivity index (χ4n) is 1.73. The van der Waals surface area contributed by atoms with Crippen LogP contribution in [-0.4, -0.2) is 30.0 Å². The van der Waals surface area contributed by atoms with Crippen molar-refractivity contribution < 1.29 is 19.1 Å². The van der Waals surface area contributed by atoms with Crippen molar-refractivity contribution in [3.05, 3.63) is 36.5 Å². The maximum atomic E-state index is 11.5. The molecule has 2 aromatic rings. The van der Waals surface area contributed by atoms with Gasteiger partial charge in [0.1, 0.15) is 18.8 Å². The van der Waals surface area contributed by atoms with Crippen LogP contribution in [0.3, 0.4) is 0 Å². The van der Waals surface area contributed by atoms with E-state index in [1.165, 1.54) is 0 Å². The minimum atomic E-state index is -0.524. The molecular formula is C15H15NO4. The molecule has 0 aliphatic carbocycles. The molecule has 0 saturated carbocycles. The number of pyridine rings is 1. The van der Waals surface area contributed by atoms with Crippen LogP contribution in [0, 0.1) is 0 Å². The average Bonchev–Trinajstić information content (AvgIpc) is 2.45. The van der Waals surface area contributed by atoms with Crippen molar-refractivity contribution in [2.45, 2.75) is 13.3 Å². The van der Waals surface area contributed by atoms with Crippen molar-refractivity contribution in [2.24, 2.45) is 0 Å². The lowest BCUT2D eigenvalue weighted by atomic mass is 10.2. The van der Waals surface area contributed by atoms with E-state index in [1.54, 1.807) is 25.3 Å². The smallest absolute Gasteiger partial charge is 0.313 e. The zero-order valence-electron chi connectivity index (χ0n) is 11.2. The fraction of sp³-hybridized carbons (Fsp3) is 0.267. The van der Waals surface area contributed by atoms with Crippen LogP contribution in [0.25, 0.3) is 10.9 Å². The SMILES string of the molecule is CCOC(=O)CC(=O)COc1ccc2ncccc2c1. The lowest BCUT2D eigenvalue weighted by molar-refractivity contribution is -0.145. The number of carbonyl (C=O) groups is 2. The predicted octanol–water partition coefficient (Wildman–Crippen LogP) is 2.14. The average molecular weight is 273 g/mol. The number of hydrogen-bond donors (Lipinski definition) is 0. The number of ether oxygens (including phenoxy) is 2. The van der Waals surface area contributed by atoms with E-state index in [-0.39, 0.29) is 25.4 Å². The Balaban J connectivity index is 1.92. The molecule has 104 valence electrons. The van der Waals surface area contributed by atoms with Gasteiger partial charge in [-0.25, -0.2) is 0 Å². The first-order chi connectivity index (χ1) is 9.69. The Bertz CT molecular complexity index is 624. The molecule has 5 nitrogen and oxygen atoms in total. The van der Waals surface area contributed by atoms with Gasteiger partial charge in [0.2, 0.25) is 0 Å². The van der Waals surface area contributed by atoms with Gasteiger partial charge in [-0.15, -0.1) is 0 Å². The van der Waals surface area contributed by atoms with Gasteiger partial charge in [-0.05, 0) is 31.2 Å². The number of benzene rings is 1. The number of Topliss-reactive ketones (excluding diaryl/α,β-unsaturated/α-hetero) is 1. The number of hydrogen-bond acceptors (Lipinski definition) is 5. The molecule has 0 saturated heterocycles. The largest absolute Gasteiger partial charge is 0.486 e. The van der Waals surface area contributed by atoms with Crippen LogP contribution in [-0.2, 0) is 14.3 Å². The summed E-state index contributed by atoms with van der Waals surface area (Å²) in [6.07, 6.45) is 1.45. The Morgan fingerprint density at radius 3 is 2.90 bits per heavy atom. The molecular weight excluding hydrogens is 258 g/mol. The van der Waals surface area contributed by atoms with Crippen molar-refractivity contribution in [2.75, 3.05) is 13.2 Å². The Morgan fingerprint density at radius 1 is 1.25 bits per heavy atom. The van der Waals surface area contributed by atoms with Crippen molar-refractivity contribution in [3.63, 3.8) is 0 Å². The van der Waals surface area contributed by atoms with Crippen LogP contribution in [0.4, 0.5) is 0 Å². The third-order valence-corrected chi connectivity index (χ3v) is 2.62. The van der Waals surface area contributed by atoms with Crippen molar-refractivity contribution in [1.82, 2.24) is 4.98 Å².